The fraction of sp³-hybridized carbons (Fsp3) is 0.385. The summed E-state index contributed by atoms with van der Waals surface area (Å²) in [6.07, 6.45) is 0. The highest BCUT2D eigenvalue weighted by molar-refractivity contribution is 9.10. The van der Waals surface area contributed by atoms with Crippen molar-refractivity contribution in [3.8, 4) is 0 Å². The van der Waals surface area contributed by atoms with Crippen LogP contribution in [-0.2, 0) is 11.3 Å². The fourth-order valence-corrected chi connectivity index (χ4v) is 2.44. The number of rotatable bonds is 4. The van der Waals surface area contributed by atoms with Crippen LogP contribution in [0.25, 0.3) is 11.0 Å². The first-order chi connectivity index (χ1) is 9.38. The lowest BCUT2D eigenvalue weighted by Gasteiger charge is -2.09. The van der Waals surface area contributed by atoms with Gasteiger partial charge in [-0.25, -0.2) is 4.39 Å². The van der Waals surface area contributed by atoms with Gasteiger partial charge >= 0.3 is 0 Å². The first-order valence-electron chi connectivity index (χ1n) is 6.22. The molecule has 0 radical (unpaired) electrons. The number of nitrogens with zero attached hydrogens (tertiary/aromatic N) is 1. The van der Waals surface area contributed by atoms with E-state index in [4.69, 9.17) is 12.2 Å². The zero-order valence-electron chi connectivity index (χ0n) is 11.2. The summed E-state index contributed by atoms with van der Waals surface area (Å²) in [4.78, 5) is 14.8. The first-order valence-corrected chi connectivity index (χ1v) is 7.43. The van der Waals surface area contributed by atoms with Gasteiger partial charge in [0.1, 0.15) is 12.4 Å². The zero-order chi connectivity index (χ0) is 14.9. The van der Waals surface area contributed by atoms with Crippen LogP contribution in [0.2, 0.25) is 0 Å². The van der Waals surface area contributed by atoms with Gasteiger partial charge in [-0.2, -0.15) is 0 Å². The van der Waals surface area contributed by atoms with Gasteiger partial charge in [-0.05, 0) is 40.1 Å². The SMILES string of the molecule is CC(C)CNC(=O)Cn1c(=S)[nH]c2cc(Br)c(F)cc21. The van der Waals surface area contributed by atoms with Gasteiger partial charge in [0.05, 0.1) is 15.5 Å². The topological polar surface area (TPSA) is 49.8 Å². The van der Waals surface area contributed by atoms with Crippen LogP contribution in [-0.4, -0.2) is 22.0 Å². The van der Waals surface area contributed by atoms with Crippen LogP contribution in [0.15, 0.2) is 16.6 Å². The summed E-state index contributed by atoms with van der Waals surface area (Å²) in [6, 6.07) is 2.98. The van der Waals surface area contributed by atoms with Gasteiger partial charge in [-0.1, -0.05) is 13.8 Å². The van der Waals surface area contributed by atoms with Crippen LogP contribution in [0, 0.1) is 16.5 Å². The van der Waals surface area contributed by atoms with Crippen molar-refractivity contribution < 1.29 is 9.18 Å². The highest BCUT2D eigenvalue weighted by atomic mass is 79.9. The lowest BCUT2D eigenvalue weighted by molar-refractivity contribution is -0.121. The second-order valence-electron chi connectivity index (χ2n) is 5.00. The van der Waals surface area contributed by atoms with Crippen molar-refractivity contribution in [1.82, 2.24) is 14.9 Å². The summed E-state index contributed by atoms with van der Waals surface area (Å²) >= 11 is 8.31. The largest absolute Gasteiger partial charge is 0.354 e. The molecule has 0 saturated carbocycles. The minimum Gasteiger partial charge on any atom is -0.354 e. The molecular formula is C13H15BrFN3OS. The number of amides is 1. The normalized spacial score (nSPS) is 11.2. The van der Waals surface area contributed by atoms with Crippen LogP contribution < -0.4 is 5.32 Å². The van der Waals surface area contributed by atoms with Gasteiger partial charge in [0.15, 0.2) is 4.77 Å². The van der Waals surface area contributed by atoms with E-state index in [1.165, 1.54) is 6.07 Å². The number of benzene rings is 1. The van der Waals surface area contributed by atoms with Crippen molar-refractivity contribution >= 4 is 45.1 Å². The quantitative estimate of drug-likeness (QED) is 0.822. The Morgan fingerprint density at radius 2 is 2.25 bits per heavy atom. The molecule has 0 atom stereocenters. The van der Waals surface area contributed by atoms with Crippen molar-refractivity contribution in [2.24, 2.45) is 5.92 Å². The minimum absolute atomic E-state index is 0.0760. The molecule has 0 spiro atoms. The lowest BCUT2D eigenvalue weighted by atomic mass is 10.2. The van der Waals surface area contributed by atoms with Crippen molar-refractivity contribution in [2.45, 2.75) is 20.4 Å². The lowest BCUT2D eigenvalue weighted by Crippen LogP contribution is -2.30. The number of hydrogen-bond acceptors (Lipinski definition) is 2. The van der Waals surface area contributed by atoms with E-state index in [0.717, 1.165) is 0 Å². The second-order valence-corrected chi connectivity index (χ2v) is 6.24. The maximum absolute atomic E-state index is 13.6. The molecule has 1 heterocycles. The van der Waals surface area contributed by atoms with E-state index in [1.54, 1.807) is 10.6 Å². The molecule has 0 saturated heterocycles. The maximum Gasteiger partial charge on any atom is 0.240 e. The molecule has 7 heteroatoms. The molecule has 0 bridgehead atoms. The van der Waals surface area contributed by atoms with Gasteiger partial charge in [0.25, 0.3) is 0 Å². The molecule has 0 aliphatic heterocycles. The molecule has 108 valence electrons. The smallest absolute Gasteiger partial charge is 0.240 e. The Balaban J connectivity index is 2.30. The third-order valence-corrected chi connectivity index (χ3v) is 3.76. The Labute approximate surface area is 129 Å². The molecule has 0 aliphatic carbocycles. The van der Waals surface area contributed by atoms with E-state index in [0.29, 0.717) is 32.7 Å². The Kier molecular flexibility index (Phi) is 4.59. The number of carbonyl (C=O) groups is 1. The van der Waals surface area contributed by atoms with E-state index in [2.05, 4.69) is 26.2 Å². The second kappa shape index (κ2) is 6.05. The molecule has 0 unspecified atom stereocenters. The molecule has 1 aromatic heterocycles. The summed E-state index contributed by atoms with van der Waals surface area (Å²) in [5.74, 6) is -0.148. The molecule has 1 amide bonds. The van der Waals surface area contributed by atoms with Gasteiger partial charge in [0, 0.05) is 12.6 Å². The number of aromatic nitrogens is 2. The predicted octanol–water partition coefficient (Wildman–Crippen LogP) is 3.37. The van der Waals surface area contributed by atoms with E-state index < -0.39 is 0 Å². The van der Waals surface area contributed by atoms with Crippen LogP contribution in [0.3, 0.4) is 0 Å². The predicted molar refractivity (Wildman–Crippen MR) is 82.6 cm³/mol. The number of imidazole rings is 1. The number of hydrogen-bond donors (Lipinski definition) is 2. The third-order valence-electron chi connectivity index (χ3n) is 2.83. The molecule has 2 rings (SSSR count). The van der Waals surface area contributed by atoms with Gasteiger partial charge in [0.2, 0.25) is 5.91 Å². The first kappa shape index (κ1) is 15.2. The number of carbonyl (C=O) groups excluding carboxylic acids is 1. The maximum atomic E-state index is 13.6. The summed E-state index contributed by atoms with van der Waals surface area (Å²) in [5.41, 5.74) is 1.27. The minimum atomic E-state index is -0.386. The van der Waals surface area contributed by atoms with Crippen LogP contribution >= 0.6 is 28.1 Å². The molecular weight excluding hydrogens is 345 g/mol. The number of fused-ring (bicyclic) bond motifs is 1. The van der Waals surface area contributed by atoms with Crippen molar-refractivity contribution in [3.63, 3.8) is 0 Å². The molecule has 20 heavy (non-hydrogen) atoms. The van der Waals surface area contributed by atoms with Gasteiger partial charge < -0.3 is 14.9 Å². The average Bonchev–Trinajstić information content (AvgIpc) is 2.64. The van der Waals surface area contributed by atoms with Crippen LogP contribution in [0.1, 0.15) is 13.8 Å². The summed E-state index contributed by atoms with van der Waals surface area (Å²) in [7, 11) is 0. The fourth-order valence-electron chi connectivity index (χ4n) is 1.83. The Morgan fingerprint density at radius 3 is 2.90 bits per heavy atom. The van der Waals surface area contributed by atoms with Crippen LogP contribution in [0.4, 0.5) is 4.39 Å². The summed E-state index contributed by atoms with van der Waals surface area (Å²) in [5, 5.41) is 2.82. The molecule has 4 nitrogen and oxygen atoms in total. The summed E-state index contributed by atoms with van der Waals surface area (Å²) < 4.78 is 16.0. The average molecular weight is 360 g/mol. The monoisotopic (exact) mass is 359 g/mol. The standard InChI is InChI=1S/C13H15BrFN3OS/c1-7(2)5-16-12(19)6-18-11-4-9(15)8(14)3-10(11)17-13(18)20/h3-4,7H,5-6H2,1-2H3,(H,16,19)(H,17,20). The van der Waals surface area contributed by atoms with E-state index in [9.17, 15) is 9.18 Å². The molecule has 2 N–H and O–H groups in total. The highest BCUT2D eigenvalue weighted by Gasteiger charge is 2.11. The van der Waals surface area contributed by atoms with Crippen molar-refractivity contribution in [1.29, 1.82) is 0 Å². The molecule has 2 aromatic rings. The van der Waals surface area contributed by atoms with E-state index in [-0.39, 0.29) is 18.3 Å². The highest BCUT2D eigenvalue weighted by Crippen LogP contribution is 2.23. The zero-order valence-corrected chi connectivity index (χ0v) is 13.6. The number of halogens is 2. The van der Waals surface area contributed by atoms with Gasteiger partial charge in [-0.15, -0.1) is 0 Å². The van der Waals surface area contributed by atoms with Crippen LogP contribution in [0.5, 0.6) is 0 Å². The molecule has 0 fully saturated rings. The Morgan fingerprint density at radius 1 is 1.55 bits per heavy atom. The number of H-pyrrole nitrogens is 1. The number of nitrogens with one attached hydrogen (secondary N) is 2. The summed E-state index contributed by atoms with van der Waals surface area (Å²) in [6.45, 7) is 4.72. The number of aromatic amines is 1. The van der Waals surface area contributed by atoms with Gasteiger partial charge in [-0.3, -0.25) is 4.79 Å². The third kappa shape index (κ3) is 3.27. The molecule has 1 aromatic carbocycles. The Bertz CT molecular complexity index is 707. The van der Waals surface area contributed by atoms with Crippen molar-refractivity contribution in [3.05, 3.63) is 27.2 Å². The molecule has 0 aliphatic rings. The Hall–Kier alpha value is -1.21. The van der Waals surface area contributed by atoms with Crippen molar-refractivity contribution in [2.75, 3.05) is 6.54 Å². The van der Waals surface area contributed by atoms with E-state index in [1.807, 2.05) is 13.8 Å². The van der Waals surface area contributed by atoms with E-state index >= 15 is 0 Å².